The summed E-state index contributed by atoms with van der Waals surface area (Å²) in [4.78, 5) is 13.5. The van der Waals surface area contributed by atoms with Crippen molar-refractivity contribution in [2.75, 3.05) is 6.54 Å². The zero-order valence-corrected chi connectivity index (χ0v) is 10.9. The maximum Gasteiger partial charge on any atom is 0.261 e. The zero-order chi connectivity index (χ0) is 13.0. The van der Waals surface area contributed by atoms with Crippen LogP contribution < -0.4 is 5.32 Å². The van der Waals surface area contributed by atoms with Gasteiger partial charge in [-0.2, -0.15) is 0 Å². The molecule has 1 heterocycles. The Labute approximate surface area is 110 Å². The summed E-state index contributed by atoms with van der Waals surface area (Å²) in [6.45, 7) is 1.92. The normalized spacial score (nSPS) is 12.1. The third-order valence-electron chi connectivity index (χ3n) is 2.45. The minimum atomic E-state index is -0.525. The first-order chi connectivity index (χ1) is 8.66. The number of hydrogen-bond donors (Lipinski definition) is 2. The van der Waals surface area contributed by atoms with E-state index in [0.29, 0.717) is 4.88 Å². The molecule has 0 radical (unpaired) electrons. The van der Waals surface area contributed by atoms with Gasteiger partial charge in [0.1, 0.15) is 0 Å². The highest BCUT2D eigenvalue weighted by molar-refractivity contribution is 7.17. The van der Waals surface area contributed by atoms with Crippen molar-refractivity contribution in [2.45, 2.75) is 13.0 Å². The van der Waals surface area contributed by atoms with Crippen LogP contribution in [0.2, 0.25) is 0 Å². The molecule has 94 valence electrons. The summed E-state index contributed by atoms with van der Waals surface area (Å²) in [6, 6.07) is 13.7. The Morgan fingerprint density at radius 3 is 2.67 bits per heavy atom. The Hall–Kier alpha value is -1.65. The van der Waals surface area contributed by atoms with E-state index >= 15 is 0 Å². The molecule has 1 aromatic carbocycles. The van der Waals surface area contributed by atoms with Crippen LogP contribution in [0, 0.1) is 0 Å². The lowest BCUT2D eigenvalue weighted by Gasteiger charge is -2.04. The summed E-state index contributed by atoms with van der Waals surface area (Å²) in [5, 5.41) is 11.8. The molecular weight excluding hydrogens is 246 g/mol. The molecule has 0 bridgehead atoms. The molecular formula is C14H15NO2S. The molecule has 0 aliphatic carbocycles. The first-order valence-corrected chi connectivity index (χ1v) is 6.60. The molecule has 0 spiro atoms. The third kappa shape index (κ3) is 3.18. The molecule has 2 rings (SSSR count). The maximum atomic E-state index is 11.8. The first kappa shape index (κ1) is 12.8. The standard InChI is InChI=1S/C14H15NO2S/c1-10(16)9-15-14(17)13-8-7-12(18-13)11-5-3-2-4-6-11/h2-8,10,16H,9H2,1H3,(H,15,17)/t10-/m0/s1. The van der Waals surface area contributed by atoms with Gasteiger partial charge < -0.3 is 10.4 Å². The van der Waals surface area contributed by atoms with Gasteiger partial charge in [-0.15, -0.1) is 11.3 Å². The maximum absolute atomic E-state index is 11.8. The smallest absolute Gasteiger partial charge is 0.261 e. The van der Waals surface area contributed by atoms with Crippen LogP contribution in [-0.4, -0.2) is 23.7 Å². The summed E-state index contributed by atoms with van der Waals surface area (Å²) in [5.41, 5.74) is 1.11. The molecule has 0 saturated heterocycles. The highest BCUT2D eigenvalue weighted by Gasteiger charge is 2.10. The van der Waals surface area contributed by atoms with Crippen LogP contribution in [0.5, 0.6) is 0 Å². The van der Waals surface area contributed by atoms with E-state index in [4.69, 9.17) is 5.11 Å². The van der Waals surface area contributed by atoms with E-state index in [0.717, 1.165) is 10.4 Å². The van der Waals surface area contributed by atoms with Gasteiger partial charge in [0.2, 0.25) is 0 Å². The molecule has 3 nitrogen and oxygen atoms in total. The number of thiophene rings is 1. The number of carbonyl (C=O) groups excluding carboxylic acids is 1. The zero-order valence-electron chi connectivity index (χ0n) is 10.1. The number of carbonyl (C=O) groups is 1. The van der Waals surface area contributed by atoms with Crippen molar-refractivity contribution in [1.82, 2.24) is 5.32 Å². The van der Waals surface area contributed by atoms with Crippen molar-refractivity contribution in [3.8, 4) is 10.4 Å². The highest BCUT2D eigenvalue weighted by Crippen LogP contribution is 2.27. The van der Waals surface area contributed by atoms with Gasteiger partial charge >= 0.3 is 0 Å². The number of hydrogen-bond acceptors (Lipinski definition) is 3. The van der Waals surface area contributed by atoms with Crippen molar-refractivity contribution in [3.63, 3.8) is 0 Å². The molecule has 0 aliphatic rings. The Bertz CT molecular complexity index is 520. The van der Waals surface area contributed by atoms with Gasteiger partial charge in [0.25, 0.3) is 5.91 Å². The monoisotopic (exact) mass is 261 g/mol. The van der Waals surface area contributed by atoms with Crippen LogP contribution in [0.1, 0.15) is 16.6 Å². The molecule has 0 aliphatic heterocycles. The third-order valence-corrected chi connectivity index (χ3v) is 3.58. The van der Waals surface area contributed by atoms with E-state index in [-0.39, 0.29) is 12.5 Å². The van der Waals surface area contributed by atoms with Crippen molar-refractivity contribution < 1.29 is 9.90 Å². The summed E-state index contributed by atoms with van der Waals surface area (Å²) in [7, 11) is 0. The second-order valence-electron chi connectivity index (χ2n) is 4.09. The van der Waals surface area contributed by atoms with Gasteiger partial charge in [-0.25, -0.2) is 0 Å². The van der Waals surface area contributed by atoms with E-state index in [2.05, 4.69) is 5.32 Å². The van der Waals surface area contributed by atoms with E-state index in [9.17, 15) is 4.79 Å². The summed E-state index contributed by atoms with van der Waals surface area (Å²) in [5.74, 6) is -0.136. The van der Waals surface area contributed by atoms with Crippen molar-refractivity contribution in [3.05, 3.63) is 47.3 Å². The Kier molecular flexibility index (Phi) is 4.12. The first-order valence-electron chi connectivity index (χ1n) is 5.78. The molecule has 1 amide bonds. The van der Waals surface area contributed by atoms with Crippen LogP contribution in [0.4, 0.5) is 0 Å². The second-order valence-corrected chi connectivity index (χ2v) is 5.17. The fourth-order valence-corrected chi connectivity index (χ4v) is 2.47. The SMILES string of the molecule is C[C@H](O)CNC(=O)c1ccc(-c2ccccc2)s1. The molecule has 0 fully saturated rings. The number of nitrogens with one attached hydrogen (secondary N) is 1. The predicted octanol–water partition coefficient (Wildman–Crippen LogP) is 2.53. The summed E-state index contributed by atoms with van der Waals surface area (Å²) >= 11 is 1.45. The van der Waals surface area contributed by atoms with Crippen molar-refractivity contribution in [2.24, 2.45) is 0 Å². The van der Waals surface area contributed by atoms with Crippen molar-refractivity contribution >= 4 is 17.2 Å². The van der Waals surface area contributed by atoms with Gasteiger partial charge in [-0.1, -0.05) is 30.3 Å². The number of amides is 1. The van der Waals surface area contributed by atoms with E-state index in [1.165, 1.54) is 11.3 Å². The van der Waals surface area contributed by atoms with Crippen molar-refractivity contribution in [1.29, 1.82) is 0 Å². The van der Waals surface area contributed by atoms with Gasteiger partial charge in [0.05, 0.1) is 11.0 Å². The predicted molar refractivity (Wildman–Crippen MR) is 73.8 cm³/mol. The topological polar surface area (TPSA) is 49.3 Å². The van der Waals surface area contributed by atoms with E-state index < -0.39 is 6.10 Å². The van der Waals surface area contributed by atoms with E-state index in [1.807, 2.05) is 42.5 Å². The molecule has 0 saturated carbocycles. The lowest BCUT2D eigenvalue weighted by molar-refractivity contribution is 0.0928. The highest BCUT2D eigenvalue weighted by atomic mass is 32.1. The van der Waals surface area contributed by atoms with Gasteiger partial charge in [0.15, 0.2) is 0 Å². The minimum absolute atomic E-state index is 0.136. The molecule has 1 atom stereocenters. The molecule has 1 aromatic heterocycles. The van der Waals surface area contributed by atoms with Crippen LogP contribution in [0.3, 0.4) is 0 Å². The molecule has 18 heavy (non-hydrogen) atoms. The average molecular weight is 261 g/mol. The van der Waals surface area contributed by atoms with Gasteiger partial charge in [-0.05, 0) is 24.6 Å². The number of aliphatic hydroxyl groups excluding tert-OH is 1. The number of rotatable bonds is 4. The summed E-state index contributed by atoms with van der Waals surface area (Å²) in [6.07, 6.45) is -0.525. The summed E-state index contributed by atoms with van der Waals surface area (Å²) < 4.78 is 0. The quantitative estimate of drug-likeness (QED) is 0.888. The number of aliphatic hydroxyl groups is 1. The molecule has 0 unspecified atom stereocenters. The van der Waals surface area contributed by atoms with E-state index in [1.54, 1.807) is 6.92 Å². The Morgan fingerprint density at radius 1 is 1.28 bits per heavy atom. The van der Waals surface area contributed by atoms with Gasteiger partial charge in [-0.3, -0.25) is 4.79 Å². The van der Waals surface area contributed by atoms with Gasteiger partial charge in [0, 0.05) is 11.4 Å². The molecule has 4 heteroatoms. The Morgan fingerprint density at radius 2 is 2.00 bits per heavy atom. The minimum Gasteiger partial charge on any atom is -0.392 e. The molecule has 2 N–H and O–H groups in total. The fourth-order valence-electron chi connectivity index (χ4n) is 1.55. The van der Waals surface area contributed by atoms with Crippen LogP contribution in [0.25, 0.3) is 10.4 Å². The van der Waals surface area contributed by atoms with Crippen LogP contribution in [-0.2, 0) is 0 Å². The lowest BCUT2D eigenvalue weighted by atomic mass is 10.2. The lowest BCUT2D eigenvalue weighted by Crippen LogP contribution is -2.29. The molecule has 2 aromatic rings. The fraction of sp³-hybridized carbons (Fsp3) is 0.214. The average Bonchev–Trinajstić information content (AvgIpc) is 2.86. The Balaban J connectivity index is 2.09. The largest absolute Gasteiger partial charge is 0.392 e. The van der Waals surface area contributed by atoms with Crippen LogP contribution >= 0.6 is 11.3 Å². The second kappa shape index (κ2) is 5.80. The van der Waals surface area contributed by atoms with Crippen LogP contribution in [0.15, 0.2) is 42.5 Å². The number of benzene rings is 1.